The first-order valence-corrected chi connectivity index (χ1v) is 7.46. The molecule has 0 unspecified atom stereocenters. The van der Waals surface area contributed by atoms with E-state index in [9.17, 15) is 14.0 Å². The summed E-state index contributed by atoms with van der Waals surface area (Å²) in [6.45, 7) is 3.40. The minimum absolute atomic E-state index is 0.392. The average molecular weight is 327 g/mol. The van der Waals surface area contributed by atoms with E-state index in [-0.39, 0.29) is 0 Å². The molecule has 0 radical (unpaired) electrons. The molecule has 1 amide bonds. The number of anilines is 1. The van der Waals surface area contributed by atoms with Crippen molar-refractivity contribution in [2.45, 2.75) is 20.0 Å². The quantitative estimate of drug-likeness (QED) is 0.673. The van der Waals surface area contributed by atoms with Crippen molar-refractivity contribution < 1.29 is 18.7 Å². The average Bonchev–Trinajstić information content (AvgIpc) is 2.53. The van der Waals surface area contributed by atoms with E-state index in [1.54, 1.807) is 12.1 Å². The molecule has 0 fully saturated rings. The third-order valence-electron chi connectivity index (χ3n) is 3.21. The Balaban J connectivity index is 1.89. The van der Waals surface area contributed by atoms with Crippen LogP contribution < -0.4 is 5.32 Å². The Morgan fingerprint density at radius 1 is 1.17 bits per heavy atom. The second-order valence-corrected chi connectivity index (χ2v) is 5.33. The zero-order chi connectivity index (χ0) is 17.5. The summed E-state index contributed by atoms with van der Waals surface area (Å²) in [5.41, 5.74) is 2.18. The number of hydrogen-bond acceptors (Lipinski definition) is 3. The van der Waals surface area contributed by atoms with Crippen molar-refractivity contribution in [2.75, 3.05) is 5.32 Å². The van der Waals surface area contributed by atoms with Crippen LogP contribution in [0.2, 0.25) is 0 Å². The van der Waals surface area contributed by atoms with Gasteiger partial charge in [0, 0.05) is 11.8 Å². The van der Waals surface area contributed by atoms with Crippen molar-refractivity contribution in [1.29, 1.82) is 0 Å². The fourth-order valence-electron chi connectivity index (χ4n) is 2.01. The molecule has 24 heavy (non-hydrogen) atoms. The molecular weight excluding hydrogens is 309 g/mol. The number of carbonyl (C=O) groups excluding carboxylic acids is 2. The molecular formula is C19H18FNO3. The van der Waals surface area contributed by atoms with E-state index >= 15 is 0 Å². The molecule has 0 aliphatic heterocycles. The van der Waals surface area contributed by atoms with Crippen LogP contribution in [0.15, 0.2) is 54.6 Å². The third-order valence-corrected chi connectivity index (χ3v) is 3.21. The molecule has 0 aliphatic rings. The van der Waals surface area contributed by atoms with Gasteiger partial charge in [0.25, 0.3) is 5.91 Å². The number of esters is 1. The van der Waals surface area contributed by atoms with E-state index in [4.69, 9.17) is 4.74 Å². The van der Waals surface area contributed by atoms with Crippen LogP contribution in [0.1, 0.15) is 18.1 Å². The molecule has 0 saturated heterocycles. The summed E-state index contributed by atoms with van der Waals surface area (Å²) in [4.78, 5) is 23.8. The van der Waals surface area contributed by atoms with E-state index in [0.717, 1.165) is 11.6 Å². The Kier molecular flexibility index (Phi) is 5.84. The zero-order valence-electron chi connectivity index (χ0n) is 13.5. The lowest BCUT2D eigenvalue weighted by Crippen LogP contribution is -2.29. The van der Waals surface area contributed by atoms with Gasteiger partial charge in [-0.05, 0) is 55.3 Å². The highest BCUT2D eigenvalue weighted by Crippen LogP contribution is 2.11. The van der Waals surface area contributed by atoms with Gasteiger partial charge in [0.15, 0.2) is 6.10 Å². The summed E-state index contributed by atoms with van der Waals surface area (Å²) in [5, 5.41) is 2.68. The topological polar surface area (TPSA) is 55.4 Å². The fourth-order valence-corrected chi connectivity index (χ4v) is 2.01. The molecule has 5 heteroatoms. The van der Waals surface area contributed by atoms with E-state index < -0.39 is 23.8 Å². The lowest BCUT2D eigenvalue weighted by molar-refractivity contribution is -0.148. The van der Waals surface area contributed by atoms with Crippen molar-refractivity contribution in [2.24, 2.45) is 0 Å². The lowest BCUT2D eigenvalue weighted by Gasteiger charge is -2.12. The van der Waals surface area contributed by atoms with Gasteiger partial charge in [-0.2, -0.15) is 0 Å². The van der Waals surface area contributed by atoms with Crippen molar-refractivity contribution in [3.8, 4) is 0 Å². The highest BCUT2D eigenvalue weighted by Gasteiger charge is 2.16. The molecule has 2 rings (SSSR count). The molecule has 0 spiro atoms. The summed E-state index contributed by atoms with van der Waals surface area (Å²) in [6.07, 6.45) is 1.64. The van der Waals surface area contributed by atoms with Crippen LogP contribution in [0, 0.1) is 12.7 Å². The smallest absolute Gasteiger partial charge is 0.331 e. The van der Waals surface area contributed by atoms with Crippen molar-refractivity contribution in [3.63, 3.8) is 0 Å². The summed E-state index contributed by atoms with van der Waals surface area (Å²) in [5.74, 6) is -1.49. The van der Waals surface area contributed by atoms with Crippen LogP contribution in [-0.2, 0) is 14.3 Å². The van der Waals surface area contributed by atoms with Crippen LogP contribution in [0.4, 0.5) is 10.1 Å². The molecule has 0 aromatic heterocycles. The maximum atomic E-state index is 13.0. The predicted octanol–water partition coefficient (Wildman–Crippen LogP) is 3.72. The molecule has 1 N–H and O–H groups in total. The van der Waals surface area contributed by atoms with Crippen LogP contribution >= 0.6 is 0 Å². The van der Waals surface area contributed by atoms with Gasteiger partial charge in [-0.3, -0.25) is 4.79 Å². The van der Waals surface area contributed by atoms with Gasteiger partial charge < -0.3 is 10.1 Å². The van der Waals surface area contributed by atoms with Gasteiger partial charge in [-0.15, -0.1) is 0 Å². The summed E-state index contributed by atoms with van der Waals surface area (Å²) >= 11 is 0. The fraction of sp³-hybridized carbons (Fsp3) is 0.158. The standard InChI is InChI=1S/C19H18FNO3/c1-13-5-3-8-17(11-13)21-19(23)14(2)24-18(22)10-9-15-6-4-7-16(20)12-15/h3-12,14H,1-2H3,(H,21,23)/b10-9+/t14-/m1/s1. The minimum atomic E-state index is -0.949. The van der Waals surface area contributed by atoms with Crippen LogP contribution in [0.25, 0.3) is 6.08 Å². The first kappa shape index (κ1) is 17.4. The van der Waals surface area contributed by atoms with Gasteiger partial charge in [-0.25, -0.2) is 9.18 Å². The molecule has 124 valence electrons. The van der Waals surface area contributed by atoms with Crippen molar-refractivity contribution in [1.82, 2.24) is 0 Å². The number of amides is 1. The number of halogens is 1. The van der Waals surface area contributed by atoms with Crippen molar-refractivity contribution in [3.05, 3.63) is 71.6 Å². The number of aryl methyl sites for hydroxylation is 1. The van der Waals surface area contributed by atoms with E-state index in [2.05, 4.69) is 5.32 Å². The number of carbonyl (C=O) groups is 2. The van der Waals surface area contributed by atoms with Gasteiger partial charge in [0.05, 0.1) is 0 Å². The normalized spacial score (nSPS) is 12.0. The Bertz CT molecular complexity index is 771. The molecule has 0 saturated carbocycles. The highest BCUT2D eigenvalue weighted by molar-refractivity contribution is 5.96. The third kappa shape index (κ3) is 5.35. The Morgan fingerprint density at radius 2 is 1.92 bits per heavy atom. The van der Waals surface area contributed by atoms with E-state index in [0.29, 0.717) is 11.3 Å². The molecule has 2 aromatic rings. The second-order valence-electron chi connectivity index (χ2n) is 5.33. The zero-order valence-corrected chi connectivity index (χ0v) is 13.5. The number of hydrogen-bond donors (Lipinski definition) is 1. The Hall–Kier alpha value is -2.95. The monoisotopic (exact) mass is 327 g/mol. The van der Waals surface area contributed by atoms with Gasteiger partial charge >= 0.3 is 5.97 Å². The minimum Gasteiger partial charge on any atom is -0.449 e. The highest BCUT2D eigenvalue weighted by atomic mass is 19.1. The lowest BCUT2D eigenvalue weighted by atomic mass is 10.2. The maximum Gasteiger partial charge on any atom is 0.331 e. The van der Waals surface area contributed by atoms with Crippen LogP contribution in [-0.4, -0.2) is 18.0 Å². The summed E-state index contributed by atoms with van der Waals surface area (Å²) in [6, 6.07) is 13.1. The Morgan fingerprint density at radius 3 is 2.62 bits per heavy atom. The second kappa shape index (κ2) is 8.06. The number of nitrogens with one attached hydrogen (secondary N) is 1. The molecule has 2 aromatic carbocycles. The predicted molar refractivity (Wildman–Crippen MR) is 90.8 cm³/mol. The van der Waals surface area contributed by atoms with E-state index in [1.807, 2.05) is 25.1 Å². The Labute approximate surface area is 140 Å². The molecule has 1 atom stereocenters. The van der Waals surface area contributed by atoms with Crippen LogP contribution in [0.5, 0.6) is 0 Å². The first-order chi connectivity index (χ1) is 11.4. The van der Waals surface area contributed by atoms with Gasteiger partial charge in [0.1, 0.15) is 5.82 Å². The maximum absolute atomic E-state index is 13.0. The SMILES string of the molecule is Cc1cccc(NC(=O)[C@@H](C)OC(=O)/C=C/c2cccc(F)c2)c1. The summed E-state index contributed by atoms with van der Waals surface area (Å²) < 4.78 is 18.1. The number of ether oxygens (including phenoxy) is 1. The van der Waals surface area contributed by atoms with Gasteiger partial charge in [0.2, 0.25) is 0 Å². The summed E-state index contributed by atoms with van der Waals surface area (Å²) in [7, 11) is 0. The van der Waals surface area contributed by atoms with Crippen molar-refractivity contribution >= 4 is 23.6 Å². The number of rotatable bonds is 5. The van der Waals surface area contributed by atoms with Crippen LogP contribution in [0.3, 0.4) is 0 Å². The molecule has 0 heterocycles. The van der Waals surface area contributed by atoms with Gasteiger partial charge in [-0.1, -0.05) is 24.3 Å². The first-order valence-electron chi connectivity index (χ1n) is 7.46. The molecule has 0 aliphatic carbocycles. The number of benzene rings is 2. The van der Waals surface area contributed by atoms with E-state index in [1.165, 1.54) is 31.2 Å². The molecule has 4 nitrogen and oxygen atoms in total. The largest absolute Gasteiger partial charge is 0.449 e. The molecule has 0 bridgehead atoms.